The van der Waals surface area contributed by atoms with Gasteiger partial charge in [0.15, 0.2) is 17.3 Å². The van der Waals surface area contributed by atoms with E-state index in [0.29, 0.717) is 5.56 Å². The molecule has 3 nitrogen and oxygen atoms in total. The molecule has 2 aromatic carbocycles. The largest absolute Gasteiger partial charge is 0.486 e. The summed E-state index contributed by atoms with van der Waals surface area (Å²) < 4.78 is 19.3. The smallest absolute Gasteiger partial charge is 0.165 e. The first kappa shape index (κ1) is 14.2. The molecule has 20 heavy (non-hydrogen) atoms. The highest BCUT2D eigenvalue weighted by atomic mass is 19.1. The van der Waals surface area contributed by atoms with Crippen LogP contribution < -0.4 is 10.5 Å². The van der Waals surface area contributed by atoms with E-state index in [1.165, 1.54) is 12.1 Å². The van der Waals surface area contributed by atoms with Crippen molar-refractivity contribution in [1.82, 2.24) is 0 Å². The lowest BCUT2D eigenvalue weighted by Crippen LogP contribution is -2.08. The van der Waals surface area contributed by atoms with Crippen LogP contribution in [0.4, 0.5) is 4.39 Å². The molecule has 2 aromatic rings. The van der Waals surface area contributed by atoms with Gasteiger partial charge in [-0.3, -0.25) is 4.79 Å². The molecule has 0 aromatic heterocycles. The fourth-order valence-corrected chi connectivity index (χ4v) is 1.80. The fraction of sp³-hybridized carbons (Fsp3) is 0.188. The molecule has 0 saturated carbocycles. The van der Waals surface area contributed by atoms with E-state index in [2.05, 4.69) is 0 Å². The number of halogens is 1. The van der Waals surface area contributed by atoms with E-state index in [1.807, 2.05) is 30.3 Å². The molecule has 0 bridgehead atoms. The number of ketones is 1. The van der Waals surface area contributed by atoms with Gasteiger partial charge in [-0.1, -0.05) is 30.3 Å². The molecule has 0 aliphatic heterocycles. The predicted octanol–water partition coefficient (Wildman–Crippen LogP) is 2.94. The van der Waals surface area contributed by atoms with E-state index in [1.54, 1.807) is 6.07 Å². The maximum Gasteiger partial charge on any atom is 0.165 e. The number of carbonyl (C=O) groups excluding carboxylic acids is 1. The topological polar surface area (TPSA) is 52.3 Å². The number of benzene rings is 2. The van der Waals surface area contributed by atoms with E-state index in [9.17, 15) is 9.18 Å². The van der Waals surface area contributed by atoms with Gasteiger partial charge in [-0.25, -0.2) is 4.39 Å². The second-order valence-corrected chi connectivity index (χ2v) is 4.38. The molecule has 0 spiro atoms. The molecule has 0 saturated heterocycles. The summed E-state index contributed by atoms with van der Waals surface area (Å²) in [7, 11) is 0. The number of hydrogen-bond donors (Lipinski definition) is 1. The fourth-order valence-electron chi connectivity index (χ4n) is 1.80. The average molecular weight is 273 g/mol. The zero-order valence-electron chi connectivity index (χ0n) is 11.0. The van der Waals surface area contributed by atoms with Crippen molar-refractivity contribution in [1.29, 1.82) is 0 Å². The lowest BCUT2D eigenvalue weighted by atomic mass is 10.1. The third-order valence-corrected chi connectivity index (χ3v) is 2.86. The van der Waals surface area contributed by atoms with Crippen LogP contribution in [0, 0.1) is 5.82 Å². The lowest BCUT2D eigenvalue weighted by Gasteiger charge is -2.08. The third-order valence-electron chi connectivity index (χ3n) is 2.86. The van der Waals surface area contributed by atoms with Gasteiger partial charge in [0.25, 0.3) is 0 Å². The molecule has 0 amide bonds. The summed E-state index contributed by atoms with van der Waals surface area (Å²) >= 11 is 0. The molecule has 0 unspecified atom stereocenters. The summed E-state index contributed by atoms with van der Waals surface area (Å²) in [4.78, 5) is 11.6. The van der Waals surface area contributed by atoms with Crippen LogP contribution in [0.3, 0.4) is 0 Å². The summed E-state index contributed by atoms with van der Waals surface area (Å²) in [5, 5.41) is 0. The summed E-state index contributed by atoms with van der Waals surface area (Å²) in [5.74, 6) is -0.567. The number of Topliss-reactive ketones (excluding diaryl/α,β-unsaturated/α-hetero) is 1. The molecule has 0 heterocycles. The zero-order valence-corrected chi connectivity index (χ0v) is 11.0. The van der Waals surface area contributed by atoms with E-state index in [4.69, 9.17) is 10.5 Å². The number of carbonyl (C=O) groups is 1. The molecule has 0 aliphatic carbocycles. The summed E-state index contributed by atoms with van der Waals surface area (Å²) in [6, 6.07) is 13.7. The summed E-state index contributed by atoms with van der Waals surface area (Å²) in [6.45, 7) is 0.542. The molecule has 0 aliphatic rings. The first-order valence-corrected chi connectivity index (χ1v) is 6.40. The minimum atomic E-state index is -0.538. The van der Waals surface area contributed by atoms with Crippen LogP contribution in [-0.4, -0.2) is 12.3 Å². The second kappa shape index (κ2) is 6.82. The van der Waals surface area contributed by atoms with Crippen molar-refractivity contribution in [3.8, 4) is 5.75 Å². The second-order valence-electron chi connectivity index (χ2n) is 4.38. The van der Waals surface area contributed by atoms with E-state index < -0.39 is 5.82 Å². The SMILES string of the molecule is NCCC(=O)c1ccc(OCc2ccccc2)c(F)c1. The van der Waals surface area contributed by atoms with Gasteiger partial charge in [0.1, 0.15) is 6.61 Å². The zero-order chi connectivity index (χ0) is 14.4. The quantitative estimate of drug-likeness (QED) is 0.823. The van der Waals surface area contributed by atoms with Crippen molar-refractivity contribution >= 4 is 5.78 Å². The van der Waals surface area contributed by atoms with Gasteiger partial charge in [-0.2, -0.15) is 0 Å². The molecule has 2 rings (SSSR count). The van der Waals surface area contributed by atoms with Crippen LogP contribution in [0.15, 0.2) is 48.5 Å². The van der Waals surface area contributed by atoms with Crippen LogP contribution in [0.25, 0.3) is 0 Å². The Balaban J connectivity index is 2.04. The Morgan fingerprint density at radius 2 is 1.90 bits per heavy atom. The van der Waals surface area contributed by atoms with E-state index in [0.717, 1.165) is 5.56 Å². The third kappa shape index (κ3) is 3.65. The molecule has 0 radical (unpaired) electrons. The Morgan fingerprint density at radius 1 is 1.15 bits per heavy atom. The van der Waals surface area contributed by atoms with Crippen molar-refractivity contribution in [3.63, 3.8) is 0 Å². The number of rotatable bonds is 6. The first-order chi connectivity index (χ1) is 9.70. The van der Waals surface area contributed by atoms with Gasteiger partial charge in [0.05, 0.1) is 0 Å². The highest BCUT2D eigenvalue weighted by molar-refractivity contribution is 5.96. The lowest BCUT2D eigenvalue weighted by molar-refractivity contribution is 0.0985. The van der Waals surface area contributed by atoms with E-state index in [-0.39, 0.29) is 31.1 Å². The van der Waals surface area contributed by atoms with Gasteiger partial charge < -0.3 is 10.5 Å². The van der Waals surface area contributed by atoms with Crippen molar-refractivity contribution < 1.29 is 13.9 Å². The van der Waals surface area contributed by atoms with Gasteiger partial charge in [-0.05, 0) is 30.3 Å². The standard InChI is InChI=1S/C16H16FNO2/c17-14-10-13(15(19)8-9-18)6-7-16(14)20-11-12-4-2-1-3-5-12/h1-7,10H,8-9,11,18H2. The van der Waals surface area contributed by atoms with Crippen LogP contribution in [0.5, 0.6) is 5.75 Å². The minimum absolute atomic E-state index is 0.137. The normalized spacial score (nSPS) is 10.3. The van der Waals surface area contributed by atoms with Crippen molar-refractivity contribution in [2.75, 3.05) is 6.54 Å². The Bertz CT molecular complexity index is 584. The van der Waals surface area contributed by atoms with Crippen LogP contribution in [0.2, 0.25) is 0 Å². The van der Waals surface area contributed by atoms with Gasteiger partial charge in [0, 0.05) is 12.0 Å². The monoisotopic (exact) mass is 273 g/mol. The molecule has 4 heteroatoms. The Kier molecular flexibility index (Phi) is 4.85. The minimum Gasteiger partial charge on any atom is -0.486 e. The summed E-state index contributed by atoms with van der Waals surface area (Å²) in [5.41, 5.74) is 6.58. The van der Waals surface area contributed by atoms with Crippen molar-refractivity contribution in [3.05, 3.63) is 65.5 Å². The maximum absolute atomic E-state index is 13.8. The highest BCUT2D eigenvalue weighted by Gasteiger charge is 2.10. The summed E-state index contributed by atoms with van der Waals surface area (Å²) in [6.07, 6.45) is 0.212. The van der Waals surface area contributed by atoms with Crippen LogP contribution in [0.1, 0.15) is 22.3 Å². The van der Waals surface area contributed by atoms with Crippen molar-refractivity contribution in [2.24, 2.45) is 5.73 Å². The van der Waals surface area contributed by atoms with Gasteiger partial charge in [-0.15, -0.1) is 0 Å². The van der Waals surface area contributed by atoms with Gasteiger partial charge in [0.2, 0.25) is 0 Å². The molecule has 2 N–H and O–H groups in total. The average Bonchev–Trinajstić information content (AvgIpc) is 2.47. The van der Waals surface area contributed by atoms with Gasteiger partial charge >= 0.3 is 0 Å². The molecule has 0 fully saturated rings. The number of nitrogens with two attached hydrogens (primary N) is 1. The molecule has 0 atom stereocenters. The molecular weight excluding hydrogens is 257 g/mol. The number of hydrogen-bond acceptors (Lipinski definition) is 3. The highest BCUT2D eigenvalue weighted by Crippen LogP contribution is 2.20. The Hall–Kier alpha value is -2.20. The van der Waals surface area contributed by atoms with E-state index >= 15 is 0 Å². The molecule has 104 valence electrons. The maximum atomic E-state index is 13.8. The predicted molar refractivity (Wildman–Crippen MR) is 75.2 cm³/mol. The Morgan fingerprint density at radius 3 is 2.55 bits per heavy atom. The first-order valence-electron chi connectivity index (χ1n) is 6.40. The van der Waals surface area contributed by atoms with Crippen LogP contribution >= 0.6 is 0 Å². The number of ether oxygens (including phenoxy) is 1. The van der Waals surface area contributed by atoms with Crippen molar-refractivity contribution in [2.45, 2.75) is 13.0 Å². The van der Waals surface area contributed by atoms with Crippen LogP contribution in [-0.2, 0) is 6.61 Å². The molecular formula is C16H16FNO2. The Labute approximate surface area is 117 Å².